The van der Waals surface area contributed by atoms with Gasteiger partial charge in [0, 0.05) is 23.1 Å². The van der Waals surface area contributed by atoms with Crippen molar-refractivity contribution in [3.63, 3.8) is 0 Å². The van der Waals surface area contributed by atoms with E-state index in [0.29, 0.717) is 18.8 Å². The van der Waals surface area contributed by atoms with Crippen molar-refractivity contribution < 1.29 is 19.3 Å². The van der Waals surface area contributed by atoms with Crippen molar-refractivity contribution in [2.24, 2.45) is 5.10 Å². The number of phenolic OH excluding ortho intramolecular Hbond substituents is 1. The van der Waals surface area contributed by atoms with Crippen molar-refractivity contribution in [1.29, 1.82) is 0 Å². The van der Waals surface area contributed by atoms with Gasteiger partial charge in [0.05, 0.1) is 25.5 Å². The molecule has 0 spiro atoms. The Kier molecular flexibility index (Phi) is 4.90. The van der Waals surface area contributed by atoms with Crippen LogP contribution in [0.4, 0.5) is 0 Å². The van der Waals surface area contributed by atoms with Crippen LogP contribution in [0.1, 0.15) is 42.3 Å². The minimum absolute atomic E-state index is 0.0231. The Hall–Kier alpha value is -3.67. The Labute approximate surface area is 181 Å². The van der Waals surface area contributed by atoms with Crippen molar-refractivity contribution in [3.05, 3.63) is 83.4 Å². The third-order valence-corrected chi connectivity index (χ3v) is 5.69. The van der Waals surface area contributed by atoms with Gasteiger partial charge in [0.25, 0.3) is 0 Å². The molecule has 2 heterocycles. The van der Waals surface area contributed by atoms with E-state index in [1.54, 1.807) is 13.2 Å². The number of hydrogen-bond acceptors (Lipinski definition) is 6. The monoisotopic (exact) mass is 416 g/mol. The van der Waals surface area contributed by atoms with Gasteiger partial charge in [0.15, 0.2) is 11.5 Å². The highest BCUT2D eigenvalue weighted by atomic mass is 16.5. The molecule has 2 atom stereocenters. The van der Waals surface area contributed by atoms with E-state index in [1.165, 1.54) is 0 Å². The molecule has 0 saturated heterocycles. The number of hydrazone groups is 1. The SMILES string of the molecule is CCOc1ccc([C@H]2Oc3c(OC)cccc3[C@H]3CC(c4ccccc4O)=NN32)cc1. The minimum Gasteiger partial charge on any atom is -0.507 e. The lowest BCUT2D eigenvalue weighted by atomic mass is 9.95. The van der Waals surface area contributed by atoms with Crippen LogP contribution in [-0.2, 0) is 0 Å². The molecule has 3 aromatic rings. The molecule has 0 amide bonds. The van der Waals surface area contributed by atoms with E-state index in [2.05, 4.69) is 0 Å². The molecule has 5 rings (SSSR count). The van der Waals surface area contributed by atoms with Crippen molar-refractivity contribution in [3.8, 4) is 23.0 Å². The molecule has 0 radical (unpaired) electrons. The van der Waals surface area contributed by atoms with E-state index in [9.17, 15) is 5.11 Å². The average Bonchev–Trinajstić information content (AvgIpc) is 3.25. The fourth-order valence-electron chi connectivity index (χ4n) is 4.24. The van der Waals surface area contributed by atoms with Crippen molar-refractivity contribution >= 4 is 5.71 Å². The first-order chi connectivity index (χ1) is 15.2. The van der Waals surface area contributed by atoms with Crippen molar-refractivity contribution in [2.75, 3.05) is 13.7 Å². The first-order valence-corrected chi connectivity index (χ1v) is 10.4. The van der Waals surface area contributed by atoms with Gasteiger partial charge in [-0.25, -0.2) is 5.01 Å². The fraction of sp³-hybridized carbons (Fsp3) is 0.240. The first kappa shape index (κ1) is 19.3. The van der Waals surface area contributed by atoms with Gasteiger partial charge in [-0.15, -0.1) is 0 Å². The maximum absolute atomic E-state index is 10.4. The van der Waals surface area contributed by atoms with Gasteiger partial charge < -0.3 is 19.3 Å². The Morgan fingerprint density at radius 1 is 1.06 bits per heavy atom. The number of para-hydroxylation sites is 2. The summed E-state index contributed by atoms with van der Waals surface area (Å²) in [4.78, 5) is 0. The van der Waals surface area contributed by atoms with E-state index >= 15 is 0 Å². The summed E-state index contributed by atoms with van der Waals surface area (Å²) in [6, 6.07) is 21.1. The number of nitrogens with zero attached hydrogens (tertiary/aromatic N) is 2. The van der Waals surface area contributed by atoms with Crippen LogP contribution in [0.15, 0.2) is 71.8 Å². The zero-order valence-electron chi connectivity index (χ0n) is 17.5. The lowest BCUT2D eigenvalue weighted by Crippen LogP contribution is -2.33. The van der Waals surface area contributed by atoms with Crippen LogP contribution in [0, 0.1) is 0 Å². The van der Waals surface area contributed by atoms with Gasteiger partial charge >= 0.3 is 0 Å². The zero-order chi connectivity index (χ0) is 21.4. The van der Waals surface area contributed by atoms with E-state index in [-0.39, 0.29) is 11.8 Å². The molecular formula is C25H24N2O4. The second-order valence-electron chi connectivity index (χ2n) is 7.51. The molecule has 0 aliphatic carbocycles. The smallest absolute Gasteiger partial charge is 0.214 e. The summed E-state index contributed by atoms with van der Waals surface area (Å²) in [5.41, 5.74) is 3.56. The normalized spacial score (nSPS) is 19.2. The highest BCUT2D eigenvalue weighted by Gasteiger charge is 2.42. The third-order valence-electron chi connectivity index (χ3n) is 5.69. The van der Waals surface area contributed by atoms with Gasteiger partial charge in [-0.1, -0.05) is 24.3 Å². The zero-order valence-corrected chi connectivity index (χ0v) is 17.5. The van der Waals surface area contributed by atoms with Gasteiger partial charge in [-0.3, -0.25) is 0 Å². The molecule has 0 saturated carbocycles. The number of aromatic hydroxyl groups is 1. The number of ether oxygens (including phenoxy) is 3. The van der Waals surface area contributed by atoms with Crippen LogP contribution in [0.5, 0.6) is 23.0 Å². The second-order valence-corrected chi connectivity index (χ2v) is 7.51. The highest BCUT2D eigenvalue weighted by molar-refractivity contribution is 6.04. The molecule has 0 aromatic heterocycles. The Morgan fingerprint density at radius 2 is 1.87 bits per heavy atom. The predicted molar refractivity (Wildman–Crippen MR) is 118 cm³/mol. The molecule has 6 nitrogen and oxygen atoms in total. The van der Waals surface area contributed by atoms with E-state index < -0.39 is 6.23 Å². The van der Waals surface area contributed by atoms with Gasteiger partial charge in [0.1, 0.15) is 11.5 Å². The summed E-state index contributed by atoms with van der Waals surface area (Å²) in [7, 11) is 1.65. The van der Waals surface area contributed by atoms with Crippen LogP contribution in [0.3, 0.4) is 0 Å². The maximum atomic E-state index is 10.4. The number of hydrogen-bond donors (Lipinski definition) is 1. The highest BCUT2D eigenvalue weighted by Crippen LogP contribution is 2.51. The van der Waals surface area contributed by atoms with Crippen LogP contribution in [0.25, 0.3) is 0 Å². The minimum atomic E-state index is -0.423. The Balaban J connectivity index is 1.59. The van der Waals surface area contributed by atoms with E-state index in [0.717, 1.165) is 33.9 Å². The average molecular weight is 416 g/mol. The number of phenols is 1. The van der Waals surface area contributed by atoms with Crippen molar-refractivity contribution in [1.82, 2.24) is 5.01 Å². The lowest BCUT2D eigenvalue weighted by molar-refractivity contribution is -0.0209. The standard InChI is InChI=1S/C25H24N2O4/c1-3-30-17-13-11-16(12-14-17)25-27-21(19-8-6-10-23(29-2)24(19)31-25)15-20(26-27)18-7-4-5-9-22(18)28/h4-14,21,25,28H,3,15H2,1-2H3/t21-,25-/m1/s1. The molecule has 0 unspecified atom stereocenters. The van der Waals surface area contributed by atoms with Gasteiger partial charge in [-0.05, 0) is 49.4 Å². The van der Waals surface area contributed by atoms with Crippen molar-refractivity contribution in [2.45, 2.75) is 25.6 Å². The quantitative estimate of drug-likeness (QED) is 0.631. The maximum Gasteiger partial charge on any atom is 0.214 e. The van der Waals surface area contributed by atoms with Crippen LogP contribution >= 0.6 is 0 Å². The van der Waals surface area contributed by atoms with Crippen LogP contribution in [0.2, 0.25) is 0 Å². The number of methoxy groups -OCH3 is 1. The second kappa shape index (κ2) is 7.87. The summed E-state index contributed by atoms with van der Waals surface area (Å²) in [6.07, 6.45) is 0.238. The molecule has 0 bridgehead atoms. The molecule has 0 fully saturated rings. The molecule has 158 valence electrons. The van der Waals surface area contributed by atoms with E-state index in [4.69, 9.17) is 19.3 Å². The first-order valence-electron chi connectivity index (χ1n) is 10.4. The number of rotatable bonds is 5. The lowest BCUT2D eigenvalue weighted by Gasteiger charge is -2.38. The summed E-state index contributed by atoms with van der Waals surface area (Å²) in [6.45, 7) is 2.58. The summed E-state index contributed by atoms with van der Waals surface area (Å²) in [5, 5.41) is 17.3. The van der Waals surface area contributed by atoms with E-state index in [1.807, 2.05) is 72.6 Å². The molecule has 3 aromatic carbocycles. The third kappa shape index (κ3) is 3.34. The van der Waals surface area contributed by atoms with Crippen LogP contribution < -0.4 is 14.2 Å². The van der Waals surface area contributed by atoms with Crippen LogP contribution in [-0.4, -0.2) is 29.5 Å². The predicted octanol–water partition coefficient (Wildman–Crippen LogP) is 5.04. The molecule has 1 N–H and O–H groups in total. The Bertz CT molecular complexity index is 1130. The van der Waals surface area contributed by atoms with Gasteiger partial charge in [-0.2, -0.15) is 5.10 Å². The number of fused-ring (bicyclic) bond motifs is 3. The largest absolute Gasteiger partial charge is 0.507 e. The van der Waals surface area contributed by atoms with Gasteiger partial charge in [0.2, 0.25) is 6.23 Å². The molecule has 2 aliphatic heterocycles. The molecule has 31 heavy (non-hydrogen) atoms. The number of benzene rings is 3. The molecule has 2 aliphatic rings. The molecule has 6 heteroatoms. The molecular weight excluding hydrogens is 392 g/mol. The topological polar surface area (TPSA) is 63.5 Å². The summed E-state index contributed by atoms with van der Waals surface area (Å²) < 4.78 is 17.6. The summed E-state index contributed by atoms with van der Waals surface area (Å²) in [5.74, 6) is 2.48. The summed E-state index contributed by atoms with van der Waals surface area (Å²) >= 11 is 0. The fourth-order valence-corrected chi connectivity index (χ4v) is 4.24. The Morgan fingerprint density at radius 3 is 2.61 bits per heavy atom.